The summed E-state index contributed by atoms with van der Waals surface area (Å²) in [5.41, 5.74) is 2.93. The zero-order valence-electron chi connectivity index (χ0n) is 15.8. The molecule has 0 saturated heterocycles. The van der Waals surface area contributed by atoms with E-state index in [1.54, 1.807) is 19.5 Å². The van der Waals surface area contributed by atoms with Gasteiger partial charge in [0.15, 0.2) is 5.82 Å². The molecule has 3 aromatic rings. The normalized spacial score (nSPS) is 14.5. The molecule has 0 radical (unpaired) electrons. The first kappa shape index (κ1) is 19.3. The highest BCUT2D eigenvalue weighted by molar-refractivity contribution is 5.56. The number of methoxy groups -OCH3 is 1. The van der Waals surface area contributed by atoms with Crippen molar-refractivity contribution in [3.63, 3.8) is 0 Å². The number of hydrogen-bond donors (Lipinski definition) is 0. The molecule has 1 aliphatic rings. The fourth-order valence-corrected chi connectivity index (χ4v) is 3.38. The first-order chi connectivity index (χ1) is 13.9. The van der Waals surface area contributed by atoms with E-state index in [1.165, 1.54) is 12.1 Å². The van der Waals surface area contributed by atoms with E-state index in [0.717, 1.165) is 54.2 Å². The fraction of sp³-hybridized carbons (Fsp3) is 0.286. The van der Waals surface area contributed by atoms with Gasteiger partial charge in [0.25, 0.3) is 0 Å². The van der Waals surface area contributed by atoms with Gasteiger partial charge in [-0.05, 0) is 23.8 Å². The van der Waals surface area contributed by atoms with E-state index in [-0.39, 0.29) is 0 Å². The Kier molecular flexibility index (Phi) is 5.19. The van der Waals surface area contributed by atoms with Gasteiger partial charge in [0.1, 0.15) is 5.75 Å². The highest BCUT2D eigenvalue weighted by Crippen LogP contribution is 2.30. The van der Waals surface area contributed by atoms with Crippen LogP contribution in [-0.4, -0.2) is 33.5 Å². The third-order valence-electron chi connectivity index (χ3n) is 4.90. The van der Waals surface area contributed by atoms with Gasteiger partial charge >= 0.3 is 6.18 Å². The number of benzene rings is 1. The number of hydrogen-bond acceptors (Lipinski definition) is 5. The summed E-state index contributed by atoms with van der Waals surface area (Å²) in [5, 5.41) is 0. The van der Waals surface area contributed by atoms with Gasteiger partial charge in [-0.25, -0.2) is 9.97 Å². The van der Waals surface area contributed by atoms with E-state index in [4.69, 9.17) is 4.74 Å². The minimum Gasteiger partial charge on any atom is -0.495 e. The molecule has 0 N–H and O–H groups in total. The molecule has 2 aromatic heterocycles. The van der Waals surface area contributed by atoms with Gasteiger partial charge in [0.05, 0.1) is 24.6 Å². The molecule has 1 aliphatic heterocycles. The quantitative estimate of drug-likeness (QED) is 0.659. The Labute approximate surface area is 166 Å². The van der Waals surface area contributed by atoms with Crippen molar-refractivity contribution in [3.05, 3.63) is 71.3 Å². The maximum Gasteiger partial charge on any atom is 0.416 e. The lowest BCUT2D eigenvalue weighted by Crippen LogP contribution is -2.31. The summed E-state index contributed by atoms with van der Waals surface area (Å²) in [7, 11) is 1.61. The van der Waals surface area contributed by atoms with E-state index >= 15 is 0 Å². The number of nitrogens with zero attached hydrogens (tertiary/aromatic N) is 4. The van der Waals surface area contributed by atoms with Crippen LogP contribution in [-0.2, 0) is 25.7 Å². The number of alkyl halides is 3. The maximum atomic E-state index is 12.7. The predicted octanol–water partition coefficient (Wildman–Crippen LogP) is 4.12. The molecule has 0 amide bonds. The molecule has 8 heteroatoms. The van der Waals surface area contributed by atoms with Gasteiger partial charge in [-0.3, -0.25) is 9.88 Å². The molecular weight excluding hydrogens is 381 g/mol. The van der Waals surface area contributed by atoms with Gasteiger partial charge in [0, 0.05) is 49.6 Å². The SMILES string of the molecule is COc1cncc(CN2CCc3nc(-c4ccc(C(F)(F)F)cc4)ncc3C2)c1. The van der Waals surface area contributed by atoms with Crippen LogP contribution in [0.2, 0.25) is 0 Å². The lowest BCUT2D eigenvalue weighted by molar-refractivity contribution is -0.137. The van der Waals surface area contributed by atoms with Crippen molar-refractivity contribution in [2.24, 2.45) is 0 Å². The second-order valence-corrected chi connectivity index (χ2v) is 6.93. The molecule has 29 heavy (non-hydrogen) atoms. The molecule has 0 fully saturated rings. The summed E-state index contributed by atoms with van der Waals surface area (Å²) in [6.45, 7) is 2.28. The van der Waals surface area contributed by atoms with Crippen LogP contribution in [0.15, 0.2) is 48.9 Å². The van der Waals surface area contributed by atoms with Crippen molar-refractivity contribution >= 4 is 0 Å². The topological polar surface area (TPSA) is 51.1 Å². The molecule has 5 nitrogen and oxygen atoms in total. The lowest BCUT2D eigenvalue weighted by atomic mass is 10.1. The standard InChI is InChI=1S/C21H19F3N4O/c1-29-18-8-14(9-25-11-18)12-28-7-6-19-16(13-28)10-26-20(27-19)15-2-4-17(5-3-15)21(22,23)24/h2-5,8-11H,6-7,12-13H2,1H3. The van der Waals surface area contributed by atoms with Crippen molar-refractivity contribution in [3.8, 4) is 17.1 Å². The zero-order valence-corrected chi connectivity index (χ0v) is 15.8. The monoisotopic (exact) mass is 400 g/mol. The van der Waals surface area contributed by atoms with Crippen molar-refractivity contribution in [1.29, 1.82) is 0 Å². The van der Waals surface area contributed by atoms with Crippen LogP contribution in [0, 0.1) is 0 Å². The second-order valence-electron chi connectivity index (χ2n) is 6.93. The average Bonchev–Trinajstić information content (AvgIpc) is 2.73. The Morgan fingerprint density at radius 3 is 2.62 bits per heavy atom. The molecular formula is C21H19F3N4O. The number of aromatic nitrogens is 3. The lowest BCUT2D eigenvalue weighted by Gasteiger charge is -2.28. The molecule has 0 atom stereocenters. The Morgan fingerprint density at radius 2 is 1.90 bits per heavy atom. The second kappa shape index (κ2) is 7.79. The molecule has 3 heterocycles. The van der Waals surface area contributed by atoms with Crippen LogP contribution in [0.25, 0.3) is 11.4 Å². The van der Waals surface area contributed by atoms with Gasteiger partial charge in [-0.2, -0.15) is 13.2 Å². The minimum atomic E-state index is -4.35. The summed E-state index contributed by atoms with van der Waals surface area (Å²) in [4.78, 5) is 15.4. The van der Waals surface area contributed by atoms with Crippen LogP contribution in [0.5, 0.6) is 5.75 Å². The van der Waals surface area contributed by atoms with E-state index < -0.39 is 11.7 Å². The average molecular weight is 400 g/mol. The number of ether oxygens (including phenoxy) is 1. The summed E-state index contributed by atoms with van der Waals surface area (Å²) < 4.78 is 43.4. The molecule has 1 aromatic carbocycles. The predicted molar refractivity (Wildman–Crippen MR) is 101 cm³/mol. The first-order valence-electron chi connectivity index (χ1n) is 9.15. The smallest absolute Gasteiger partial charge is 0.416 e. The van der Waals surface area contributed by atoms with Crippen molar-refractivity contribution in [1.82, 2.24) is 19.9 Å². The molecule has 0 bridgehead atoms. The third kappa shape index (κ3) is 4.37. The number of halogens is 3. The first-order valence-corrected chi connectivity index (χ1v) is 9.15. The zero-order chi connectivity index (χ0) is 20.4. The van der Waals surface area contributed by atoms with Crippen LogP contribution >= 0.6 is 0 Å². The minimum absolute atomic E-state index is 0.447. The van der Waals surface area contributed by atoms with E-state index in [2.05, 4.69) is 19.9 Å². The van der Waals surface area contributed by atoms with Crippen LogP contribution in [0.4, 0.5) is 13.2 Å². The van der Waals surface area contributed by atoms with Gasteiger partial charge in [-0.1, -0.05) is 12.1 Å². The summed E-state index contributed by atoms with van der Waals surface area (Å²) >= 11 is 0. The van der Waals surface area contributed by atoms with E-state index in [0.29, 0.717) is 17.9 Å². The van der Waals surface area contributed by atoms with Gasteiger partial charge in [0.2, 0.25) is 0 Å². The van der Waals surface area contributed by atoms with E-state index in [1.807, 2.05) is 12.3 Å². The molecule has 0 saturated carbocycles. The van der Waals surface area contributed by atoms with Crippen LogP contribution in [0.3, 0.4) is 0 Å². The third-order valence-corrected chi connectivity index (χ3v) is 4.90. The van der Waals surface area contributed by atoms with Crippen molar-refractivity contribution in [2.75, 3.05) is 13.7 Å². The fourth-order valence-electron chi connectivity index (χ4n) is 3.38. The van der Waals surface area contributed by atoms with Crippen LogP contribution in [0.1, 0.15) is 22.4 Å². The molecule has 0 aliphatic carbocycles. The van der Waals surface area contributed by atoms with Gasteiger partial charge in [-0.15, -0.1) is 0 Å². The molecule has 150 valence electrons. The number of fused-ring (bicyclic) bond motifs is 1. The van der Waals surface area contributed by atoms with Crippen LogP contribution < -0.4 is 4.74 Å². The Hall–Kier alpha value is -3.00. The van der Waals surface area contributed by atoms with Gasteiger partial charge < -0.3 is 4.74 Å². The van der Waals surface area contributed by atoms with Crippen molar-refractivity contribution in [2.45, 2.75) is 25.7 Å². The number of pyridine rings is 1. The highest BCUT2D eigenvalue weighted by Gasteiger charge is 2.30. The molecule has 4 rings (SSSR count). The maximum absolute atomic E-state index is 12.7. The molecule has 0 unspecified atom stereocenters. The largest absolute Gasteiger partial charge is 0.495 e. The highest BCUT2D eigenvalue weighted by atomic mass is 19.4. The Balaban J connectivity index is 1.48. The summed E-state index contributed by atoms with van der Waals surface area (Å²) in [6.07, 6.45) is 1.67. The van der Waals surface area contributed by atoms with E-state index in [9.17, 15) is 13.2 Å². The number of rotatable bonds is 4. The Bertz CT molecular complexity index is 1010. The Morgan fingerprint density at radius 1 is 1.10 bits per heavy atom. The molecule has 0 spiro atoms. The van der Waals surface area contributed by atoms with Crippen molar-refractivity contribution < 1.29 is 17.9 Å². The summed E-state index contributed by atoms with van der Waals surface area (Å²) in [5.74, 6) is 1.17. The summed E-state index contributed by atoms with van der Waals surface area (Å²) in [6, 6.07) is 6.90.